The number of ether oxygens (including phenoxy) is 3. The second kappa shape index (κ2) is 21.4. The summed E-state index contributed by atoms with van der Waals surface area (Å²) in [6.45, 7) is 0.314. The molecule has 0 aliphatic rings. The first-order chi connectivity index (χ1) is 16.0. The molecule has 0 atom stereocenters. The van der Waals surface area contributed by atoms with Crippen LogP contribution in [0.25, 0.3) is 31.3 Å². The monoisotopic (exact) mass is 468 g/mol. The molecule has 0 aliphatic heterocycles. The minimum absolute atomic E-state index is 0.0875. The van der Waals surface area contributed by atoms with E-state index in [1.807, 2.05) is 0 Å². The summed E-state index contributed by atoms with van der Waals surface area (Å²) in [5.74, 6) is -1.08. The largest absolute Gasteiger partial charge is 0.462 e. The fraction of sp³-hybridized carbons (Fsp3) is 0.824. The minimum Gasteiger partial charge on any atom is -0.462 e. The molecule has 0 saturated carbocycles. The van der Waals surface area contributed by atoms with Gasteiger partial charge in [0.1, 0.15) is 13.2 Å². The molecule has 0 rings (SSSR count). The number of amides is 1. The molecule has 0 radical (unpaired) electrons. The molecule has 16 heteroatoms. The first-order valence-electron chi connectivity index (χ1n) is 10.3. The van der Waals surface area contributed by atoms with Gasteiger partial charge in [0.05, 0.1) is 0 Å². The van der Waals surface area contributed by atoms with E-state index in [4.69, 9.17) is 30.8 Å². The predicted molar refractivity (Wildman–Crippen MR) is 115 cm³/mol. The van der Waals surface area contributed by atoms with E-state index in [1.165, 1.54) is 0 Å². The van der Waals surface area contributed by atoms with Gasteiger partial charge in [-0.2, -0.15) is 0 Å². The maximum Gasteiger partial charge on any atom is 0.407 e. The summed E-state index contributed by atoms with van der Waals surface area (Å²) in [5, 5.41) is 12.5. The van der Waals surface area contributed by atoms with E-state index in [2.05, 4.69) is 35.4 Å². The minimum atomic E-state index is -1.03. The third kappa shape index (κ3) is 19.8. The highest BCUT2D eigenvalue weighted by Gasteiger charge is 2.19. The number of esters is 2. The first kappa shape index (κ1) is 29.1. The van der Waals surface area contributed by atoms with Crippen LogP contribution in [0.15, 0.2) is 15.3 Å². The lowest BCUT2D eigenvalue weighted by atomic mass is 10.2. The fourth-order valence-electron chi connectivity index (χ4n) is 2.20. The summed E-state index contributed by atoms with van der Waals surface area (Å²) in [4.78, 5) is 43.4. The number of unbranched alkanes of at least 4 members (excludes halogenated alkanes) is 2. The Bertz CT molecular complexity index is 703. The lowest BCUT2D eigenvalue weighted by molar-refractivity contribution is -0.152. The Balaban J connectivity index is 4.48. The maximum atomic E-state index is 11.9. The number of carbonyl (C=O) groups is 3. The topological polar surface area (TPSA) is 237 Å². The van der Waals surface area contributed by atoms with Gasteiger partial charge < -0.3 is 19.5 Å². The van der Waals surface area contributed by atoms with Crippen molar-refractivity contribution in [1.29, 1.82) is 0 Å². The summed E-state index contributed by atoms with van der Waals surface area (Å²) in [5.41, 5.74) is 24.6. The molecule has 0 aromatic rings. The van der Waals surface area contributed by atoms with E-state index in [0.717, 1.165) is 0 Å². The zero-order valence-electron chi connectivity index (χ0n) is 18.2. The van der Waals surface area contributed by atoms with Crippen LogP contribution in [0.4, 0.5) is 4.79 Å². The molecular formula is C17H28N10O6. The van der Waals surface area contributed by atoms with Gasteiger partial charge in [-0.25, -0.2) is 4.79 Å². The van der Waals surface area contributed by atoms with E-state index >= 15 is 0 Å². The molecule has 0 aromatic carbocycles. The average Bonchev–Trinajstić information content (AvgIpc) is 2.80. The normalized spacial score (nSPS) is 10.4. The predicted octanol–water partition coefficient (Wildman–Crippen LogP) is 3.83. The summed E-state index contributed by atoms with van der Waals surface area (Å²) in [6, 6.07) is 0. The van der Waals surface area contributed by atoms with Crippen molar-refractivity contribution < 1.29 is 28.6 Å². The highest BCUT2D eigenvalue weighted by Crippen LogP contribution is 2.04. The van der Waals surface area contributed by atoms with Crippen molar-refractivity contribution in [2.45, 2.75) is 51.0 Å². The second-order valence-electron chi connectivity index (χ2n) is 6.45. The molecule has 0 aliphatic carbocycles. The average molecular weight is 468 g/mol. The van der Waals surface area contributed by atoms with E-state index in [0.29, 0.717) is 32.1 Å². The molecule has 0 bridgehead atoms. The number of alkyl carbamates (subject to hydrolysis) is 1. The second-order valence-corrected chi connectivity index (χ2v) is 6.45. The van der Waals surface area contributed by atoms with Gasteiger partial charge in [-0.1, -0.05) is 15.3 Å². The zero-order valence-corrected chi connectivity index (χ0v) is 18.2. The van der Waals surface area contributed by atoms with Crippen molar-refractivity contribution >= 4 is 18.0 Å². The van der Waals surface area contributed by atoms with Crippen molar-refractivity contribution in [3.63, 3.8) is 0 Å². The number of hydrogen-bond acceptors (Lipinski definition) is 9. The van der Waals surface area contributed by atoms with Crippen LogP contribution in [0.5, 0.6) is 0 Å². The van der Waals surface area contributed by atoms with Gasteiger partial charge in [-0.05, 0) is 48.7 Å². The Kier molecular flexibility index (Phi) is 18.9. The Morgan fingerprint density at radius 2 is 1.18 bits per heavy atom. The van der Waals surface area contributed by atoms with Crippen molar-refractivity contribution in [2.75, 3.05) is 39.4 Å². The van der Waals surface area contributed by atoms with Crippen LogP contribution in [0.2, 0.25) is 0 Å². The fourth-order valence-corrected chi connectivity index (χ4v) is 2.20. The van der Waals surface area contributed by atoms with E-state index in [-0.39, 0.29) is 52.2 Å². The molecule has 0 spiro atoms. The zero-order chi connectivity index (χ0) is 24.6. The van der Waals surface area contributed by atoms with E-state index in [1.54, 1.807) is 0 Å². The van der Waals surface area contributed by atoms with E-state index in [9.17, 15) is 14.4 Å². The van der Waals surface area contributed by atoms with Crippen LogP contribution in [0.1, 0.15) is 44.9 Å². The molecule has 0 unspecified atom stereocenters. The molecule has 0 fully saturated rings. The van der Waals surface area contributed by atoms with Crippen LogP contribution in [-0.4, -0.2) is 63.5 Å². The van der Waals surface area contributed by atoms with Gasteiger partial charge in [0, 0.05) is 53.8 Å². The van der Waals surface area contributed by atoms with Gasteiger partial charge in [0.25, 0.3) is 0 Å². The number of azide groups is 3. The molecule has 0 saturated heterocycles. The Morgan fingerprint density at radius 1 is 0.727 bits per heavy atom. The molecule has 1 N–H and O–H groups in total. The summed E-state index contributed by atoms with van der Waals surface area (Å²) < 4.78 is 15.3. The van der Waals surface area contributed by atoms with Crippen LogP contribution < -0.4 is 5.32 Å². The Morgan fingerprint density at radius 3 is 1.64 bits per heavy atom. The van der Waals surface area contributed by atoms with Gasteiger partial charge in [-0.15, -0.1) is 0 Å². The van der Waals surface area contributed by atoms with Crippen molar-refractivity contribution in [3.05, 3.63) is 31.3 Å². The highest BCUT2D eigenvalue weighted by atomic mass is 16.6. The van der Waals surface area contributed by atoms with E-state index < -0.39 is 24.1 Å². The van der Waals surface area contributed by atoms with Crippen molar-refractivity contribution in [2.24, 2.45) is 15.3 Å². The number of nitrogens with zero attached hydrogens (tertiary/aromatic N) is 9. The molecule has 1 amide bonds. The Labute approximate surface area is 189 Å². The van der Waals surface area contributed by atoms with Crippen LogP contribution in [0, 0.1) is 0 Å². The summed E-state index contributed by atoms with van der Waals surface area (Å²) in [7, 11) is 0. The van der Waals surface area contributed by atoms with Gasteiger partial charge >= 0.3 is 18.0 Å². The lowest BCUT2D eigenvalue weighted by Crippen LogP contribution is -2.35. The maximum absolute atomic E-state index is 11.9. The SMILES string of the molecule is [N-]=[N+]=NCCCCC(=O)OCC(COC(=O)CCCCN=[N+]=[N-])OC(=O)NCCCN=[N+]=[N-]. The molecule has 16 nitrogen and oxygen atoms in total. The van der Waals surface area contributed by atoms with Gasteiger partial charge in [-0.3, -0.25) is 9.59 Å². The summed E-state index contributed by atoms with van der Waals surface area (Å²) >= 11 is 0. The Hall–Kier alpha value is -3.86. The number of carbonyl (C=O) groups excluding carboxylic acids is 3. The smallest absolute Gasteiger partial charge is 0.407 e. The molecule has 33 heavy (non-hydrogen) atoms. The molecule has 0 aromatic heterocycles. The lowest BCUT2D eigenvalue weighted by Gasteiger charge is -2.18. The number of nitrogens with one attached hydrogen (secondary N) is 1. The van der Waals surface area contributed by atoms with Crippen LogP contribution >= 0.6 is 0 Å². The highest BCUT2D eigenvalue weighted by molar-refractivity contribution is 5.70. The quantitative estimate of drug-likeness (QED) is 0.0736. The van der Waals surface area contributed by atoms with Gasteiger partial charge in [0.2, 0.25) is 0 Å². The number of hydrogen-bond donors (Lipinski definition) is 1. The van der Waals surface area contributed by atoms with Crippen molar-refractivity contribution in [1.82, 2.24) is 5.32 Å². The molecule has 0 heterocycles. The number of rotatable bonds is 19. The summed E-state index contributed by atoms with van der Waals surface area (Å²) in [6.07, 6.45) is 0.704. The standard InChI is InChI=1S/C17H28N10O6/c18-25-22-9-3-1-6-15(28)31-12-14(33-17(30)21-8-5-11-24-27-20)13-32-16(29)7-2-4-10-23-26-19/h14H,1-13H2,(H,21,30). The van der Waals surface area contributed by atoms with Crippen LogP contribution in [-0.2, 0) is 23.8 Å². The van der Waals surface area contributed by atoms with Crippen molar-refractivity contribution in [3.8, 4) is 0 Å². The third-order valence-electron chi connectivity index (χ3n) is 3.81. The van der Waals surface area contributed by atoms with Crippen LogP contribution in [0.3, 0.4) is 0 Å². The first-order valence-corrected chi connectivity index (χ1v) is 10.3. The third-order valence-corrected chi connectivity index (χ3v) is 3.81. The molecule has 182 valence electrons. The van der Waals surface area contributed by atoms with Gasteiger partial charge in [0.15, 0.2) is 6.10 Å². The molecular weight excluding hydrogens is 440 g/mol.